The zero-order valence-electron chi connectivity index (χ0n) is 12.3. The van der Waals surface area contributed by atoms with Crippen LogP contribution in [-0.2, 0) is 17.8 Å². The summed E-state index contributed by atoms with van der Waals surface area (Å²) in [6, 6.07) is -1.38. The Labute approximate surface area is 122 Å². The number of urea groups is 1. The normalized spacial score (nSPS) is 18.3. The van der Waals surface area contributed by atoms with Crippen LogP contribution in [0.3, 0.4) is 0 Å². The number of aromatic amines is 1. The van der Waals surface area contributed by atoms with Gasteiger partial charge in [0.1, 0.15) is 6.04 Å². The number of fused-ring (bicyclic) bond motifs is 1. The summed E-state index contributed by atoms with van der Waals surface area (Å²) in [5.74, 6) is -1.06. The number of likely N-dealkylation sites (N-methyl/N-ethyl adjacent to an activating group) is 1. The van der Waals surface area contributed by atoms with Crippen molar-refractivity contribution in [3.63, 3.8) is 0 Å². The molecule has 2 heterocycles. The number of aliphatic hydroxyl groups excluding tert-OH is 1. The number of amides is 2. The van der Waals surface area contributed by atoms with E-state index in [1.165, 1.54) is 16.1 Å². The number of aliphatic carboxylic acids is 1. The van der Waals surface area contributed by atoms with Crippen LogP contribution in [0.2, 0.25) is 0 Å². The Hall–Kier alpha value is -2.09. The first-order valence-electron chi connectivity index (χ1n) is 6.67. The van der Waals surface area contributed by atoms with Crippen molar-refractivity contribution in [2.75, 3.05) is 13.7 Å². The van der Waals surface area contributed by atoms with E-state index >= 15 is 0 Å². The fourth-order valence-electron chi connectivity index (χ4n) is 2.22. The van der Waals surface area contributed by atoms with Crippen molar-refractivity contribution in [2.45, 2.75) is 38.4 Å². The van der Waals surface area contributed by atoms with Gasteiger partial charge < -0.3 is 25.0 Å². The Morgan fingerprint density at radius 3 is 2.81 bits per heavy atom. The van der Waals surface area contributed by atoms with Crippen LogP contribution in [0.15, 0.2) is 6.33 Å². The minimum absolute atomic E-state index is 0.164. The van der Waals surface area contributed by atoms with Gasteiger partial charge in [-0.05, 0) is 13.8 Å². The summed E-state index contributed by atoms with van der Waals surface area (Å²) in [7, 11) is 1.56. The van der Waals surface area contributed by atoms with E-state index in [4.69, 9.17) is 0 Å². The van der Waals surface area contributed by atoms with E-state index in [0.717, 1.165) is 5.69 Å². The molecule has 1 aliphatic heterocycles. The summed E-state index contributed by atoms with van der Waals surface area (Å²) in [4.78, 5) is 33.7. The molecule has 8 nitrogen and oxygen atoms in total. The number of hydrogen-bond acceptors (Lipinski definition) is 4. The molecule has 1 aromatic heterocycles. The number of aromatic nitrogens is 2. The van der Waals surface area contributed by atoms with Gasteiger partial charge in [-0.15, -0.1) is 0 Å². The molecule has 0 aromatic carbocycles. The molecule has 8 heteroatoms. The van der Waals surface area contributed by atoms with Crippen LogP contribution in [0.25, 0.3) is 0 Å². The molecule has 2 amide bonds. The molecule has 3 N–H and O–H groups in total. The van der Waals surface area contributed by atoms with E-state index in [1.54, 1.807) is 20.9 Å². The molecule has 1 atom stereocenters. The third kappa shape index (κ3) is 2.71. The Balaban J connectivity index is 2.28. The lowest BCUT2D eigenvalue weighted by Crippen LogP contribution is -2.58. The van der Waals surface area contributed by atoms with Gasteiger partial charge in [-0.1, -0.05) is 0 Å². The molecular weight excluding hydrogens is 276 g/mol. The number of carboxylic acids is 1. The van der Waals surface area contributed by atoms with E-state index in [-0.39, 0.29) is 19.6 Å². The first-order valence-corrected chi connectivity index (χ1v) is 6.67. The average molecular weight is 296 g/mol. The monoisotopic (exact) mass is 296 g/mol. The van der Waals surface area contributed by atoms with Crippen molar-refractivity contribution in [3.8, 4) is 0 Å². The van der Waals surface area contributed by atoms with E-state index in [9.17, 15) is 19.8 Å². The maximum atomic E-state index is 12.6. The molecule has 0 radical (unpaired) electrons. The quantitative estimate of drug-likeness (QED) is 0.729. The zero-order valence-corrected chi connectivity index (χ0v) is 12.3. The standard InChI is InChI=1S/C13H20N4O4/c1-13(2,6-18)16(3)12(21)17-5-9-8(14-7-15-9)4-10(17)11(19)20/h7,10,18H,4-6H2,1-3H3,(H,14,15)(H,19,20). The zero-order chi connectivity index (χ0) is 15.8. The van der Waals surface area contributed by atoms with Crippen molar-refractivity contribution in [2.24, 2.45) is 0 Å². The van der Waals surface area contributed by atoms with E-state index in [0.29, 0.717) is 5.69 Å². The van der Waals surface area contributed by atoms with Crippen LogP contribution in [0, 0.1) is 0 Å². The lowest BCUT2D eigenvalue weighted by Gasteiger charge is -2.40. The fourth-order valence-corrected chi connectivity index (χ4v) is 2.22. The number of aliphatic hydroxyl groups is 1. The summed E-state index contributed by atoms with van der Waals surface area (Å²) in [5.41, 5.74) is 0.653. The molecule has 0 spiro atoms. The van der Waals surface area contributed by atoms with Crippen LogP contribution in [0.1, 0.15) is 25.2 Å². The van der Waals surface area contributed by atoms with Gasteiger partial charge in [-0.2, -0.15) is 0 Å². The number of nitrogens with zero attached hydrogens (tertiary/aromatic N) is 3. The van der Waals surface area contributed by atoms with Crippen LogP contribution >= 0.6 is 0 Å². The summed E-state index contributed by atoms with van der Waals surface area (Å²) in [5, 5.41) is 18.7. The number of imidazole rings is 1. The van der Waals surface area contributed by atoms with Crippen molar-refractivity contribution in [3.05, 3.63) is 17.7 Å². The Bertz CT molecular complexity index is 554. The molecule has 2 rings (SSSR count). The number of hydrogen-bond donors (Lipinski definition) is 3. The molecule has 116 valence electrons. The summed E-state index contributed by atoms with van der Waals surface area (Å²) in [6.07, 6.45) is 1.67. The van der Waals surface area contributed by atoms with Crippen LogP contribution in [0.4, 0.5) is 4.79 Å². The van der Waals surface area contributed by atoms with Crippen LogP contribution in [0.5, 0.6) is 0 Å². The Morgan fingerprint density at radius 2 is 2.24 bits per heavy atom. The number of rotatable bonds is 3. The van der Waals surface area contributed by atoms with Gasteiger partial charge in [0.15, 0.2) is 0 Å². The van der Waals surface area contributed by atoms with Gasteiger partial charge in [0.2, 0.25) is 0 Å². The van der Waals surface area contributed by atoms with Gasteiger partial charge in [0.05, 0.1) is 36.4 Å². The summed E-state index contributed by atoms with van der Waals surface area (Å²) in [6.45, 7) is 3.38. The maximum absolute atomic E-state index is 12.6. The predicted octanol–water partition coefficient (Wildman–Crippen LogP) is 0.0437. The van der Waals surface area contributed by atoms with E-state index in [2.05, 4.69) is 9.97 Å². The van der Waals surface area contributed by atoms with Gasteiger partial charge in [-0.3, -0.25) is 0 Å². The Kier molecular flexibility index (Phi) is 3.91. The highest BCUT2D eigenvalue weighted by molar-refractivity contribution is 5.83. The minimum Gasteiger partial charge on any atom is -0.480 e. The topological polar surface area (TPSA) is 110 Å². The van der Waals surface area contributed by atoms with Crippen molar-refractivity contribution in [1.29, 1.82) is 0 Å². The smallest absolute Gasteiger partial charge is 0.326 e. The molecular formula is C13H20N4O4. The molecule has 0 bridgehead atoms. The largest absolute Gasteiger partial charge is 0.480 e. The van der Waals surface area contributed by atoms with E-state index in [1.807, 2.05) is 0 Å². The lowest BCUT2D eigenvalue weighted by molar-refractivity contribution is -0.143. The summed E-state index contributed by atoms with van der Waals surface area (Å²) < 4.78 is 0. The molecule has 0 saturated heterocycles. The number of carbonyl (C=O) groups excluding carboxylic acids is 1. The molecule has 1 aliphatic rings. The number of carbonyl (C=O) groups is 2. The number of nitrogens with one attached hydrogen (secondary N) is 1. The van der Waals surface area contributed by atoms with Crippen molar-refractivity contribution in [1.82, 2.24) is 19.8 Å². The molecule has 21 heavy (non-hydrogen) atoms. The second-order valence-electron chi connectivity index (χ2n) is 5.83. The van der Waals surface area contributed by atoms with Crippen LogP contribution < -0.4 is 0 Å². The van der Waals surface area contributed by atoms with Crippen molar-refractivity contribution < 1.29 is 19.8 Å². The minimum atomic E-state index is -1.06. The van der Waals surface area contributed by atoms with Crippen molar-refractivity contribution >= 4 is 12.0 Å². The third-order valence-corrected chi connectivity index (χ3v) is 4.01. The average Bonchev–Trinajstić information content (AvgIpc) is 2.91. The highest BCUT2D eigenvalue weighted by Gasteiger charge is 2.39. The lowest BCUT2D eigenvalue weighted by atomic mass is 10.0. The second-order valence-corrected chi connectivity index (χ2v) is 5.83. The fraction of sp³-hybridized carbons (Fsp3) is 0.615. The van der Waals surface area contributed by atoms with Gasteiger partial charge in [0.25, 0.3) is 0 Å². The number of H-pyrrole nitrogens is 1. The van der Waals surface area contributed by atoms with E-state index < -0.39 is 23.6 Å². The summed E-state index contributed by atoms with van der Waals surface area (Å²) >= 11 is 0. The molecule has 0 saturated carbocycles. The van der Waals surface area contributed by atoms with Crippen LogP contribution in [-0.4, -0.2) is 67.2 Å². The predicted molar refractivity (Wildman–Crippen MR) is 73.6 cm³/mol. The molecule has 1 aromatic rings. The molecule has 1 unspecified atom stereocenters. The second kappa shape index (κ2) is 5.36. The first kappa shape index (κ1) is 15.3. The Morgan fingerprint density at radius 1 is 1.57 bits per heavy atom. The van der Waals surface area contributed by atoms with Gasteiger partial charge in [0, 0.05) is 13.5 Å². The molecule has 0 fully saturated rings. The maximum Gasteiger partial charge on any atom is 0.326 e. The first-order chi connectivity index (χ1) is 9.77. The highest BCUT2D eigenvalue weighted by atomic mass is 16.4. The SMILES string of the molecule is CN(C(=O)N1Cc2[nH]cnc2CC1C(=O)O)C(C)(C)CO. The number of carboxylic acid groups (broad SMARTS) is 1. The molecule has 0 aliphatic carbocycles. The van der Waals surface area contributed by atoms with Gasteiger partial charge >= 0.3 is 12.0 Å². The highest BCUT2D eigenvalue weighted by Crippen LogP contribution is 2.24. The van der Waals surface area contributed by atoms with Gasteiger partial charge in [-0.25, -0.2) is 14.6 Å². The third-order valence-electron chi connectivity index (χ3n) is 4.01.